The average Bonchev–Trinajstić information content (AvgIpc) is 2.46. The Morgan fingerprint density at radius 3 is 2.67 bits per heavy atom. The van der Waals surface area contributed by atoms with Crippen molar-refractivity contribution in [3.8, 4) is 12.1 Å². The number of benzene rings is 1. The van der Waals surface area contributed by atoms with Gasteiger partial charge in [0.05, 0.1) is 22.9 Å². The number of nitriles is 2. The Bertz CT molecular complexity index is 658. The van der Waals surface area contributed by atoms with Crippen molar-refractivity contribution < 1.29 is 0 Å². The van der Waals surface area contributed by atoms with Crippen LogP contribution in [0.4, 0.5) is 0 Å². The number of allylic oxidation sites excluding steroid dienone is 1. The predicted molar refractivity (Wildman–Crippen MR) is 68.9 cm³/mol. The van der Waals surface area contributed by atoms with Gasteiger partial charge in [0.2, 0.25) is 0 Å². The van der Waals surface area contributed by atoms with Crippen LogP contribution in [0.2, 0.25) is 0 Å². The molecule has 0 atom stereocenters. The van der Waals surface area contributed by atoms with Crippen LogP contribution in [0.1, 0.15) is 16.8 Å². The van der Waals surface area contributed by atoms with Gasteiger partial charge >= 0.3 is 0 Å². The van der Waals surface area contributed by atoms with Crippen LogP contribution in [0.15, 0.2) is 48.7 Å². The molecule has 2 rings (SSSR count). The Kier molecular flexibility index (Phi) is 3.49. The zero-order valence-corrected chi connectivity index (χ0v) is 9.54. The number of rotatable bonds is 2. The highest BCUT2D eigenvalue weighted by atomic mass is 14.7. The fourth-order valence-electron chi connectivity index (χ4n) is 1.55. The summed E-state index contributed by atoms with van der Waals surface area (Å²) in [6, 6.07) is 16.7. The molecule has 1 aromatic heterocycles. The lowest BCUT2D eigenvalue weighted by Crippen LogP contribution is -1.86. The van der Waals surface area contributed by atoms with Crippen molar-refractivity contribution in [2.45, 2.75) is 0 Å². The first kappa shape index (κ1) is 11.6. The van der Waals surface area contributed by atoms with E-state index >= 15 is 0 Å². The Morgan fingerprint density at radius 2 is 2.00 bits per heavy atom. The molecule has 1 aromatic carbocycles. The molecular formula is C15H9N3. The summed E-state index contributed by atoms with van der Waals surface area (Å²) >= 11 is 0. The summed E-state index contributed by atoms with van der Waals surface area (Å²) in [6.07, 6.45) is 3.37. The van der Waals surface area contributed by atoms with Crippen LogP contribution >= 0.6 is 0 Å². The van der Waals surface area contributed by atoms with E-state index in [2.05, 4.69) is 17.1 Å². The van der Waals surface area contributed by atoms with E-state index in [1.807, 2.05) is 12.1 Å². The lowest BCUT2D eigenvalue weighted by molar-refractivity contribution is 1.28. The van der Waals surface area contributed by atoms with Gasteiger partial charge in [-0.3, -0.25) is 4.98 Å². The second-order valence-electron chi connectivity index (χ2n) is 3.62. The van der Waals surface area contributed by atoms with Gasteiger partial charge in [0.25, 0.3) is 0 Å². The van der Waals surface area contributed by atoms with Crippen LogP contribution in [0.25, 0.3) is 11.6 Å². The topological polar surface area (TPSA) is 60.5 Å². The number of nitrogens with zero attached hydrogens (tertiary/aromatic N) is 3. The van der Waals surface area contributed by atoms with Crippen LogP contribution in [0, 0.1) is 22.7 Å². The van der Waals surface area contributed by atoms with Crippen molar-refractivity contribution >= 4 is 11.6 Å². The van der Waals surface area contributed by atoms with Crippen molar-refractivity contribution in [2.75, 3.05) is 0 Å². The summed E-state index contributed by atoms with van der Waals surface area (Å²) in [5.74, 6) is 0. The first-order valence-electron chi connectivity index (χ1n) is 5.37. The van der Waals surface area contributed by atoms with Crippen molar-refractivity contribution in [1.29, 1.82) is 10.5 Å². The van der Waals surface area contributed by atoms with Gasteiger partial charge in [-0.1, -0.05) is 18.2 Å². The highest BCUT2D eigenvalue weighted by Crippen LogP contribution is 2.16. The molecule has 0 unspecified atom stereocenters. The maximum atomic E-state index is 9.14. The Hall–Kier alpha value is -2.91. The third kappa shape index (κ3) is 2.61. The monoisotopic (exact) mass is 231 g/mol. The third-order valence-corrected chi connectivity index (χ3v) is 2.39. The molecule has 84 valence electrons. The first-order valence-corrected chi connectivity index (χ1v) is 5.37. The molecule has 0 spiro atoms. The van der Waals surface area contributed by atoms with Crippen LogP contribution in [0.3, 0.4) is 0 Å². The molecule has 0 amide bonds. The zero-order chi connectivity index (χ0) is 12.8. The van der Waals surface area contributed by atoms with Gasteiger partial charge in [0.1, 0.15) is 6.07 Å². The largest absolute Gasteiger partial charge is 0.256 e. The van der Waals surface area contributed by atoms with Gasteiger partial charge < -0.3 is 0 Å². The summed E-state index contributed by atoms with van der Waals surface area (Å²) in [6.45, 7) is 0. The van der Waals surface area contributed by atoms with E-state index in [1.54, 1.807) is 42.6 Å². The Labute approximate surface area is 105 Å². The second-order valence-corrected chi connectivity index (χ2v) is 3.62. The number of pyridine rings is 1. The Balaban J connectivity index is 2.43. The number of hydrogen-bond acceptors (Lipinski definition) is 3. The molecule has 3 heteroatoms. The standard InChI is InChI=1S/C15H9N3/c16-10-13-5-3-4-12(8-13)9-14(11-17)15-6-1-2-7-18-15/h1-9H. The molecular weight excluding hydrogens is 222 g/mol. The SMILES string of the molecule is N#CC(=Cc1cccc(C#N)c1)c1ccccn1. The van der Waals surface area contributed by atoms with Crippen molar-refractivity contribution in [3.63, 3.8) is 0 Å². The highest BCUT2D eigenvalue weighted by Gasteiger charge is 2.01. The molecule has 0 radical (unpaired) electrons. The molecule has 0 fully saturated rings. The Morgan fingerprint density at radius 1 is 1.11 bits per heavy atom. The molecule has 0 N–H and O–H groups in total. The van der Waals surface area contributed by atoms with Gasteiger partial charge in [-0.05, 0) is 35.9 Å². The van der Waals surface area contributed by atoms with E-state index in [0.717, 1.165) is 5.56 Å². The van der Waals surface area contributed by atoms with E-state index < -0.39 is 0 Å². The predicted octanol–water partition coefficient (Wildman–Crippen LogP) is 3.02. The smallest absolute Gasteiger partial charge is 0.101 e. The van der Waals surface area contributed by atoms with Gasteiger partial charge in [-0.25, -0.2) is 0 Å². The summed E-state index contributed by atoms with van der Waals surface area (Å²) in [4.78, 5) is 4.13. The maximum Gasteiger partial charge on any atom is 0.101 e. The highest BCUT2D eigenvalue weighted by molar-refractivity contribution is 5.88. The quantitative estimate of drug-likeness (QED) is 0.746. The minimum Gasteiger partial charge on any atom is -0.256 e. The third-order valence-electron chi connectivity index (χ3n) is 2.39. The van der Waals surface area contributed by atoms with Crippen molar-refractivity contribution in [3.05, 3.63) is 65.5 Å². The van der Waals surface area contributed by atoms with E-state index in [9.17, 15) is 0 Å². The second kappa shape index (κ2) is 5.43. The van der Waals surface area contributed by atoms with Gasteiger partial charge in [-0.15, -0.1) is 0 Å². The first-order chi connectivity index (χ1) is 8.83. The molecule has 0 aliphatic rings. The minimum absolute atomic E-state index is 0.477. The average molecular weight is 231 g/mol. The summed E-state index contributed by atoms with van der Waals surface area (Å²) in [7, 11) is 0. The minimum atomic E-state index is 0.477. The van der Waals surface area contributed by atoms with E-state index in [-0.39, 0.29) is 0 Å². The van der Waals surface area contributed by atoms with Crippen LogP contribution in [-0.2, 0) is 0 Å². The van der Waals surface area contributed by atoms with Crippen molar-refractivity contribution in [2.24, 2.45) is 0 Å². The normalized spacial score (nSPS) is 10.4. The van der Waals surface area contributed by atoms with Crippen molar-refractivity contribution in [1.82, 2.24) is 4.98 Å². The van der Waals surface area contributed by atoms with E-state index in [1.165, 1.54) is 0 Å². The number of aromatic nitrogens is 1. The molecule has 0 aliphatic carbocycles. The summed E-state index contributed by atoms with van der Waals surface area (Å²) in [5.41, 5.74) is 2.49. The van der Waals surface area contributed by atoms with Gasteiger partial charge in [0, 0.05) is 6.20 Å². The fourth-order valence-corrected chi connectivity index (χ4v) is 1.55. The lowest BCUT2D eigenvalue weighted by atomic mass is 10.1. The molecule has 18 heavy (non-hydrogen) atoms. The summed E-state index contributed by atoms with van der Waals surface area (Å²) < 4.78 is 0. The summed E-state index contributed by atoms with van der Waals surface area (Å²) in [5, 5.41) is 18.0. The van der Waals surface area contributed by atoms with Crippen LogP contribution in [0.5, 0.6) is 0 Å². The zero-order valence-electron chi connectivity index (χ0n) is 9.54. The van der Waals surface area contributed by atoms with Gasteiger partial charge in [-0.2, -0.15) is 10.5 Å². The lowest BCUT2D eigenvalue weighted by Gasteiger charge is -1.98. The van der Waals surface area contributed by atoms with Crippen LogP contribution < -0.4 is 0 Å². The molecule has 0 aliphatic heterocycles. The molecule has 1 heterocycles. The van der Waals surface area contributed by atoms with Gasteiger partial charge in [0.15, 0.2) is 0 Å². The van der Waals surface area contributed by atoms with E-state index in [0.29, 0.717) is 16.8 Å². The molecule has 0 saturated heterocycles. The maximum absolute atomic E-state index is 9.14. The molecule has 3 nitrogen and oxygen atoms in total. The fraction of sp³-hybridized carbons (Fsp3) is 0. The molecule has 0 bridgehead atoms. The number of hydrogen-bond donors (Lipinski definition) is 0. The molecule has 2 aromatic rings. The van der Waals surface area contributed by atoms with Crippen LogP contribution in [-0.4, -0.2) is 4.98 Å². The van der Waals surface area contributed by atoms with E-state index in [4.69, 9.17) is 10.5 Å². The molecule has 0 saturated carbocycles.